The number of amides is 2. The Hall–Kier alpha value is -4.11. The van der Waals surface area contributed by atoms with Crippen molar-refractivity contribution in [2.75, 3.05) is 26.4 Å². The molecule has 2 amide bonds. The molecule has 0 bridgehead atoms. The lowest BCUT2D eigenvalue weighted by Gasteiger charge is -2.33. The van der Waals surface area contributed by atoms with Crippen LogP contribution in [0.5, 0.6) is 0 Å². The fraction of sp³-hybridized carbons (Fsp3) is 0.367. The van der Waals surface area contributed by atoms with Gasteiger partial charge in [-0.15, -0.1) is 0 Å². The number of para-hydroxylation sites is 1. The first kappa shape index (κ1) is 29.9. The van der Waals surface area contributed by atoms with Gasteiger partial charge in [0, 0.05) is 37.6 Å². The van der Waals surface area contributed by atoms with Gasteiger partial charge in [-0.25, -0.2) is 4.79 Å². The summed E-state index contributed by atoms with van der Waals surface area (Å²) in [7, 11) is -1.80. The second-order valence-corrected chi connectivity index (χ2v) is 9.86. The predicted octanol–water partition coefficient (Wildman–Crippen LogP) is 3.26. The highest BCUT2D eigenvalue weighted by molar-refractivity contribution is 6.43. The number of furan rings is 1. The molecule has 0 aliphatic carbocycles. The van der Waals surface area contributed by atoms with Crippen LogP contribution in [-0.2, 0) is 27.1 Å². The Morgan fingerprint density at radius 1 is 1.22 bits per heavy atom. The molecule has 1 aliphatic heterocycles. The minimum absolute atomic E-state index is 0.0410. The van der Waals surface area contributed by atoms with E-state index in [1.54, 1.807) is 17.0 Å². The molecule has 1 atom stereocenters. The Morgan fingerprint density at radius 3 is 2.73 bits per heavy atom. The molecule has 4 rings (SSSR count). The van der Waals surface area contributed by atoms with Gasteiger partial charge in [0.05, 0.1) is 18.8 Å². The first-order valence-electron chi connectivity index (χ1n) is 13.7. The number of benzene rings is 2. The molecule has 1 unspecified atom stereocenters. The van der Waals surface area contributed by atoms with Crippen LogP contribution in [0.4, 0.5) is 4.79 Å². The smallest absolute Gasteiger partial charge is 0.464 e. The molecule has 10 nitrogen and oxygen atoms in total. The van der Waals surface area contributed by atoms with Gasteiger partial charge in [0.15, 0.2) is 0 Å². The van der Waals surface area contributed by atoms with Gasteiger partial charge in [0.25, 0.3) is 5.91 Å². The summed E-state index contributed by atoms with van der Waals surface area (Å²) in [6, 6.07) is 16.8. The van der Waals surface area contributed by atoms with Crippen molar-refractivity contribution in [3.05, 3.63) is 77.1 Å². The van der Waals surface area contributed by atoms with Crippen molar-refractivity contribution in [1.29, 1.82) is 5.26 Å². The van der Waals surface area contributed by atoms with Crippen LogP contribution in [0.3, 0.4) is 0 Å². The Balaban J connectivity index is 1.32. The van der Waals surface area contributed by atoms with Gasteiger partial charge < -0.3 is 34.2 Å². The van der Waals surface area contributed by atoms with Gasteiger partial charge in [-0.05, 0) is 55.0 Å². The maximum absolute atomic E-state index is 13.1. The summed E-state index contributed by atoms with van der Waals surface area (Å²) < 4.78 is 16.2. The SMILES string of the molecule is CCN(C(=O)C(C#N)=Cc1cccc(CCOC(=O)NC(Cc2coc3ccccc23)B(O)O)c1)C1CCOCC1. The van der Waals surface area contributed by atoms with Crippen LogP contribution in [0.1, 0.15) is 36.5 Å². The van der Waals surface area contributed by atoms with Crippen molar-refractivity contribution in [1.82, 2.24) is 10.2 Å². The fourth-order valence-corrected chi connectivity index (χ4v) is 4.98. The summed E-state index contributed by atoms with van der Waals surface area (Å²) in [6.45, 7) is 3.66. The molecule has 214 valence electrons. The Morgan fingerprint density at radius 2 is 2.00 bits per heavy atom. The maximum Gasteiger partial charge on any atom is 0.475 e. The molecule has 0 saturated carbocycles. The van der Waals surface area contributed by atoms with Crippen molar-refractivity contribution in [2.45, 2.75) is 44.6 Å². The van der Waals surface area contributed by atoms with Crippen molar-refractivity contribution in [3.8, 4) is 6.07 Å². The molecule has 1 saturated heterocycles. The van der Waals surface area contributed by atoms with E-state index in [0.29, 0.717) is 37.3 Å². The lowest BCUT2D eigenvalue weighted by Crippen LogP contribution is -2.48. The molecule has 2 aromatic carbocycles. The van der Waals surface area contributed by atoms with Crippen molar-refractivity contribution >= 4 is 36.2 Å². The van der Waals surface area contributed by atoms with E-state index in [9.17, 15) is 24.9 Å². The molecule has 41 heavy (non-hydrogen) atoms. The number of ether oxygens (including phenoxy) is 2. The van der Waals surface area contributed by atoms with Crippen LogP contribution < -0.4 is 5.32 Å². The zero-order valence-electron chi connectivity index (χ0n) is 23.0. The number of nitrogens with zero attached hydrogens (tertiary/aromatic N) is 2. The molecule has 1 aromatic heterocycles. The van der Waals surface area contributed by atoms with Crippen molar-refractivity contribution in [3.63, 3.8) is 0 Å². The average molecular weight is 559 g/mol. The quantitative estimate of drug-likeness (QED) is 0.184. The minimum atomic E-state index is -1.80. The number of hydrogen-bond donors (Lipinski definition) is 3. The molecule has 11 heteroatoms. The number of carbonyl (C=O) groups is 2. The molecule has 1 aliphatic rings. The van der Waals surface area contributed by atoms with Crippen molar-refractivity contribution in [2.24, 2.45) is 0 Å². The number of rotatable bonds is 11. The number of nitrogens with one attached hydrogen (secondary N) is 1. The topological polar surface area (TPSA) is 145 Å². The number of likely N-dealkylation sites (N-methyl/N-ethyl adjacent to an activating group) is 1. The number of carbonyl (C=O) groups excluding carboxylic acids is 2. The maximum atomic E-state index is 13.1. The Kier molecular flexibility index (Phi) is 10.6. The second-order valence-electron chi connectivity index (χ2n) is 9.86. The van der Waals surface area contributed by atoms with Gasteiger partial charge >= 0.3 is 13.2 Å². The standard InChI is InChI=1S/C30H34BN3O7/c1-2-34(25-11-13-39-14-12-25)29(35)23(19-32)17-22-7-5-6-21(16-22)10-15-40-30(36)33-28(31(37)38)18-24-20-41-27-9-4-3-8-26(24)27/h3-9,16-17,20,25,28,37-38H,2,10-15,18H2,1H3,(H,33,36). The van der Waals surface area contributed by atoms with E-state index >= 15 is 0 Å². The monoisotopic (exact) mass is 559 g/mol. The van der Waals surface area contributed by atoms with E-state index in [0.717, 1.165) is 29.4 Å². The van der Waals surface area contributed by atoms with Gasteiger partial charge in [-0.3, -0.25) is 4.79 Å². The lowest BCUT2D eigenvalue weighted by molar-refractivity contribution is -0.130. The van der Waals surface area contributed by atoms with Gasteiger partial charge in [0.1, 0.15) is 17.2 Å². The fourth-order valence-electron chi connectivity index (χ4n) is 4.98. The van der Waals surface area contributed by atoms with Crippen LogP contribution in [0, 0.1) is 11.3 Å². The highest BCUT2D eigenvalue weighted by Gasteiger charge is 2.28. The predicted molar refractivity (Wildman–Crippen MR) is 153 cm³/mol. The van der Waals surface area contributed by atoms with E-state index in [1.165, 1.54) is 6.26 Å². The third kappa shape index (κ3) is 7.98. The van der Waals surface area contributed by atoms with E-state index in [1.807, 2.05) is 55.5 Å². The van der Waals surface area contributed by atoms with Crippen LogP contribution >= 0.6 is 0 Å². The van der Waals surface area contributed by atoms with Crippen LogP contribution in [0.15, 0.2) is 64.8 Å². The summed E-state index contributed by atoms with van der Waals surface area (Å²) >= 11 is 0. The Labute approximate surface area is 239 Å². The van der Waals surface area contributed by atoms with Crippen LogP contribution in [0.2, 0.25) is 0 Å². The zero-order chi connectivity index (χ0) is 29.2. The summed E-state index contributed by atoms with van der Waals surface area (Å²) in [5.41, 5.74) is 2.99. The highest BCUT2D eigenvalue weighted by Crippen LogP contribution is 2.22. The number of nitriles is 1. The van der Waals surface area contributed by atoms with Gasteiger partial charge in [-0.1, -0.05) is 42.5 Å². The normalized spacial score (nSPS) is 14.7. The molecule has 2 heterocycles. The molecular formula is C30H34BN3O7. The third-order valence-electron chi connectivity index (χ3n) is 7.13. The van der Waals surface area contributed by atoms with E-state index in [2.05, 4.69) is 5.32 Å². The molecule has 1 fully saturated rings. The van der Waals surface area contributed by atoms with Crippen LogP contribution in [-0.4, -0.2) is 72.4 Å². The Bertz CT molecular complexity index is 1410. The molecule has 0 radical (unpaired) electrons. The first-order valence-corrected chi connectivity index (χ1v) is 13.7. The van der Waals surface area contributed by atoms with E-state index in [-0.39, 0.29) is 30.5 Å². The van der Waals surface area contributed by atoms with E-state index < -0.39 is 19.2 Å². The van der Waals surface area contributed by atoms with Gasteiger partial charge in [-0.2, -0.15) is 5.26 Å². The lowest BCUT2D eigenvalue weighted by atomic mass is 9.76. The second kappa shape index (κ2) is 14.5. The largest absolute Gasteiger partial charge is 0.475 e. The minimum Gasteiger partial charge on any atom is -0.464 e. The van der Waals surface area contributed by atoms with Crippen LogP contribution in [0.25, 0.3) is 17.0 Å². The first-order chi connectivity index (χ1) is 19.9. The van der Waals surface area contributed by atoms with E-state index in [4.69, 9.17) is 13.9 Å². The summed E-state index contributed by atoms with van der Waals surface area (Å²) in [5, 5.41) is 32.7. The summed E-state index contributed by atoms with van der Waals surface area (Å²) in [5.74, 6) is -1.29. The number of hydrogen-bond acceptors (Lipinski definition) is 8. The van der Waals surface area contributed by atoms with Crippen molar-refractivity contribution < 1.29 is 33.5 Å². The molecule has 3 aromatic rings. The molecule has 3 N–H and O–H groups in total. The number of alkyl carbamates (subject to hydrolysis) is 1. The molecule has 0 spiro atoms. The average Bonchev–Trinajstić information content (AvgIpc) is 3.39. The molecular weight excluding hydrogens is 525 g/mol. The summed E-state index contributed by atoms with van der Waals surface area (Å²) in [4.78, 5) is 27.3. The third-order valence-corrected chi connectivity index (χ3v) is 7.13. The highest BCUT2D eigenvalue weighted by atomic mass is 16.5. The van der Waals surface area contributed by atoms with Gasteiger partial charge in [0.2, 0.25) is 0 Å². The number of fused-ring (bicyclic) bond motifs is 1. The summed E-state index contributed by atoms with van der Waals surface area (Å²) in [6.07, 6.45) is 4.35. The zero-order valence-corrected chi connectivity index (χ0v) is 23.0.